The summed E-state index contributed by atoms with van der Waals surface area (Å²) in [6.45, 7) is 0. The van der Waals surface area contributed by atoms with Crippen LogP contribution in [0.3, 0.4) is 0 Å². The second kappa shape index (κ2) is 5.15. The van der Waals surface area contributed by atoms with E-state index in [9.17, 15) is 5.11 Å². The lowest BCUT2D eigenvalue weighted by atomic mass is 10.0. The van der Waals surface area contributed by atoms with Gasteiger partial charge in [-0.15, -0.1) is 0 Å². The van der Waals surface area contributed by atoms with Crippen LogP contribution in [0, 0.1) is 5.92 Å². The second-order valence-corrected chi connectivity index (χ2v) is 4.78. The van der Waals surface area contributed by atoms with Gasteiger partial charge < -0.3 is 14.6 Å². The predicted molar refractivity (Wildman–Crippen MR) is 66.9 cm³/mol. The maximum absolute atomic E-state index is 10.2. The van der Waals surface area contributed by atoms with Gasteiger partial charge in [-0.05, 0) is 24.5 Å². The van der Waals surface area contributed by atoms with Crippen molar-refractivity contribution in [1.82, 2.24) is 0 Å². The molecule has 1 aromatic carbocycles. The number of methoxy groups -OCH3 is 2. The predicted octanol–water partition coefficient (Wildman–Crippen LogP) is 3.19. The molecule has 2 rings (SSSR count). The number of ether oxygens (including phenoxy) is 2. The van der Waals surface area contributed by atoms with Crippen molar-refractivity contribution in [3.05, 3.63) is 22.7 Å². The molecule has 1 atom stereocenters. The summed E-state index contributed by atoms with van der Waals surface area (Å²) in [6, 6.07) is 3.58. The Kier molecular flexibility index (Phi) is 3.79. The lowest BCUT2D eigenvalue weighted by Gasteiger charge is -2.17. The van der Waals surface area contributed by atoms with E-state index in [1.54, 1.807) is 20.3 Å². The van der Waals surface area contributed by atoms with Crippen LogP contribution >= 0.6 is 11.6 Å². The first-order valence-corrected chi connectivity index (χ1v) is 6.13. The maximum Gasteiger partial charge on any atom is 0.147 e. The van der Waals surface area contributed by atoms with Crippen molar-refractivity contribution >= 4 is 11.6 Å². The van der Waals surface area contributed by atoms with Gasteiger partial charge in [-0.1, -0.05) is 24.4 Å². The molecular weight excluding hydrogens is 240 g/mol. The monoisotopic (exact) mass is 256 g/mol. The summed E-state index contributed by atoms with van der Waals surface area (Å²) in [5.41, 5.74) is 0.741. The van der Waals surface area contributed by atoms with Crippen molar-refractivity contribution in [3.8, 4) is 11.5 Å². The van der Waals surface area contributed by atoms with Crippen LogP contribution in [0.1, 0.15) is 30.9 Å². The molecule has 4 heteroatoms. The van der Waals surface area contributed by atoms with Crippen molar-refractivity contribution < 1.29 is 14.6 Å². The highest BCUT2D eigenvalue weighted by Gasteiger charge is 2.27. The van der Waals surface area contributed by atoms with E-state index in [0.717, 1.165) is 12.0 Å². The largest absolute Gasteiger partial charge is 0.495 e. The number of hydrogen-bond acceptors (Lipinski definition) is 3. The minimum atomic E-state index is -0.513. The van der Waals surface area contributed by atoms with Crippen LogP contribution in [0.25, 0.3) is 0 Å². The molecule has 0 saturated heterocycles. The fraction of sp³-hybridized carbons (Fsp3) is 0.538. The van der Waals surface area contributed by atoms with Crippen molar-refractivity contribution in [3.63, 3.8) is 0 Å². The van der Waals surface area contributed by atoms with Gasteiger partial charge in [-0.25, -0.2) is 0 Å². The van der Waals surface area contributed by atoms with E-state index in [2.05, 4.69) is 0 Å². The first-order chi connectivity index (χ1) is 8.17. The average Bonchev–Trinajstić information content (AvgIpc) is 3.12. The fourth-order valence-corrected chi connectivity index (χ4v) is 2.30. The quantitative estimate of drug-likeness (QED) is 0.879. The van der Waals surface area contributed by atoms with E-state index >= 15 is 0 Å². The number of hydrogen-bond donors (Lipinski definition) is 1. The lowest BCUT2D eigenvalue weighted by molar-refractivity contribution is 0.156. The van der Waals surface area contributed by atoms with Gasteiger partial charge in [0.2, 0.25) is 0 Å². The van der Waals surface area contributed by atoms with Crippen LogP contribution < -0.4 is 9.47 Å². The maximum atomic E-state index is 10.2. The molecule has 94 valence electrons. The summed E-state index contributed by atoms with van der Waals surface area (Å²) in [5, 5.41) is 10.6. The smallest absolute Gasteiger partial charge is 0.147 e. The minimum Gasteiger partial charge on any atom is -0.495 e. The Hall–Kier alpha value is -0.930. The Labute approximate surface area is 106 Å². The van der Waals surface area contributed by atoms with E-state index in [1.165, 1.54) is 12.8 Å². The van der Waals surface area contributed by atoms with E-state index in [1.807, 2.05) is 6.07 Å². The zero-order valence-electron chi connectivity index (χ0n) is 10.1. The number of aliphatic hydroxyl groups is 1. The first-order valence-electron chi connectivity index (χ1n) is 5.75. The molecule has 0 spiro atoms. The summed E-state index contributed by atoms with van der Waals surface area (Å²) in [7, 11) is 3.11. The second-order valence-electron chi connectivity index (χ2n) is 4.40. The minimum absolute atomic E-state index is 0.419. The Balaban J connectivity index is 2.28. The summed E-state index contributed by atoms with van der Waals surface area (Å²) < 4.78 is 10.4. The fourth-order valence-electron chi connectivity index (χ4n) is 1.98. The molecule has 1 N–H and O–H groups in total. The molecule has 1 unspecified atom stereocenters. The Morgan fingerprint density at radius 1 is 1.35 bits per heavy atom. The van der Waals surface area contributed by atoms with Crippen LogP contribution in [0.2, 0.25) is 5.02 Å². The van der Waals surface area contributed by atoms with Gasteiger partial charge in [0.05, 0.1) is 20.3 Å². The summed E-state index contributed by atoms with van der Waals surface area (Å²) in [6.07, 6.45) is 2.69. The highest BCUT2D eigenvalue weighted by Crippen LogP contribution is 2.43. The molecule has 3 nitrogen and oxygen atoms in total. The molecule has 0 radical (unpaired) electrons. The highest BCUT2D eigenvalue weighted by molar-refractivity contribution is 6.33. The van der Waals surface area contributed by atoms with Crippen molar-refractivity contribution in [2.75, 3.05) is 14.2 Å². The standard InChI is InChI=1S/C13H17ClO3/c1-16-11-6-5-9(13(17-2)12(11)14)10(15)7-8-3-4-8/h5-6,8,10,15H,3-4,7H2,1-2H3. The van der Waals surface area contributed by atoms with Gasteiger partial charge in [-0.2, -0.15) is 0 Å². The molecule has 0 bridgehead atoms. The zero-order valence-corrected chi connectivity index (χ0v) is 10.8. The molecule has 0 aromatic heterocycles. The molecule has 17 heavy (non-hydrogen) atoms. The van der Waals surface area contributed by atoms with Crippen molar-refractivity contribution in [1.29, 1.82) is 0 Å². The molecule has 0 heterocycles. The van der Waals surface area contributed by atoms with Gasteiger partial charge >= 0.3 is 0 Å². The third-order valence-corrected chi connectivity index (χ3v) is 3.49. The van der Waals surface area contributed by atoms with E-state index < -0.39 is 6.10 Å². The van der Waals surface area contributed by atoms with Crippen LogP contribution in [0.5, 0.6) is 11.5 Å². The van der Waals surface area contributed by atoms with Crippen LogP contribution in [-0.4, -0.2) is 19.3 Å². The first kappa shape index (κ1) is 12.5. The van der Waals surface area contributed by atoms with E-state index in [-0.39, 0.29) is 0 Å². The zero-order chi connectivity index (χ0) is 12.4. The molecule has 1 saturated carbocycles. The van der Waals surface area contributed by atoms with Crippen LogP contribution in [0.15, 0.2) is 12.1 Å². The van der Waals surface area contributed by atoms with Crippen molar-refractivity contribution in [2.24, 2.45) is 5.92 Å². The molecule has 1 aliphatic rings. The molecule has 1 fully saturated rings. The number of aliphatic hydroxyl groups excluding tert-OH is 1. The molecule has 1 aliphatic carbocycles. The topological polar surface area (TPSA) is 38.7 Å². The van der Waals surface area contributed by atoms with Gasteiger partial charge in [0.15, 0.2) is 0 Å². The molecular formula is C13H17ClO3. The van der Waals surface area contributed by atoms with Gasteiger partial charge in [0.25, 0.3) is 0 Å². The van der Waals surface area contributed by atoms with E-state index in [4.69, 9.17) is 21.1 Å². The summed E-state index contributed by atoms with van der Waals surface area (Å²) >= 11 is 6.15. The normalized spacial score (nSPS) is 16.7. The van der Waals surface area contributed by atoms with Crippen LogP contribution in [0.4, 0.5) is 0 Å². The number of benzene rings is 1. The molecule has 1 aromatic rings. The number of rotatable bonds is 5. The third-order valence-electron chi connectivity index (χ3n) is 3.13. The summed E-state index contributed by atoms with van der Waals surface area (Å²) in [4.78, 5) is 0. The average molecular weight is 257 g/mol. The van der Waals surface area contributed by atoms with Gasteiger partial charge in [0.1, 0.15) is 16.5 Å². The van der Waals surface area contributed by atoms with Crippen LogP contribution in [-0.2, 0) is 0 Å². The lowest BCUT2D eigenvalue weighted by Crippen LogP contribution is -2.03. The SMILES string of the molecule is COc1ccc(C(O)CC2CC2)c(OC)c1Cl. The molecule has 0 amide bonds. The Morgan fingerprint density at radius 3 is 2.59 bits per heavy atom. The Bertz CT molecular complexity index is 402. The van der Waals surface area contributed by atoms with Crippen molar-refractivity contribution in [2.45, 2.75) is 25.4 Å². The van der Waals surface area contributed by atoms with Gasteiger partial charge in [0, 0.05) is 5.56 Å². The summed E-state index contributed by atoms with van der Waals surface area (Å²) in [5.74, 6) is 1.72. The van der Waals surface area contributed by atoms with Gasteiger partial charge in [-0.3, -0.25) is 0 Å². The number of halogens is 1. The Morgan fingerprint density at radius 2 is 2.06 bits per heavy atom. The highest BCUT2D eigenvalue weighted by atomic mass is 35.5. The van der Waals surface area contributed by atoms with E-state index in [0.29, 0.717) is 22.4 Å². The third kappa shape index (κ3) is 2.67. The molecule has 0 aliphatic heterocycles.